The van der Waals surface area contributed by atoms with Gasteiger partial charge in [-0.3, -0.25) is 4.79 Å². The van der Waals surface area contributed by atoms with Gasteiger partial charge in [0.05, 0.1) is 4.90 Å². The highest BCUT2D eigenvalue weighted by Gasteiger charge is 2.46. The van der Waals surface area contributed by atoms with E-state index in [1.54, 1.807) is 30.3 Å². The molecule has 0 aromatic heterocycles. The molecule has 2 aromatic carbocycles. The minimum atomic E-state index is -5.41. The predicted molar refractivity (Wildman–Crippen MR) is 74.2 cm³/mol. The first-order valence-electron chi connectivity index (χ1n) is 6.20. The monoisotopic (exact) mass is 328 g/mol. The predicted octanol–water partition coefficient (Wildman–Crippen LogP) is 3.41. The minimum Gasteiger partial charge on any atom is -0.294 e. The molecule has 0 heterocycles. The molecule has 0 aliphatic heterocycles. The molecule has 116 valence electrons. The average molecular weight is 328 g/mol. The van der Waals surface area contributed by atoms with Crippen molar-refractivity contribution in [3.63, 3.8) is 0 Å². The van der Waals surface area contributed by atoms with E-state index in [-0.39, 0.29) is 17.8 Å². The van der Waals surface area contributed by atoms with Gasteiger partial charge in [-0.25, -0.2) is 8.42 Å². The molecule has 0 unspecified atom stereocenters. The van der Waals surface area contributed by atoms with Crippen LogP contribution in [0.2, 0.25) is 0 Å². The van der Waals surface area contributed by atoms with Gasteiger partial charge in [0, 0.05) is 12.0 Å². The number of carbonyl (C=O) groups excluding carboxylic acids is 1. The average Bonchev–Trinajstić information content (AvgIpc) is 2.47. The van der Waals surface area contributed by atoms with E-state index in [1.807, 2.05) is 0 Å². The van der Waals surface area contributed by atoms with Crippen LogP contribution in [-0.4, -0.2) is 19.7 Å². The number of hydrogen-bond donors (Lipinski definition) is 0. The van der Waals surface area contributed by atoms with Gasteiger partial charge in [0.1, 0.15) is 0 Å². The first-order valence-corrected chi connectivity index (χ1v) is 7.68. The van der Waals surface area contributed by atoms with Gasteiger partial charge in [-0.05, 0) is 17.7 Å². The number of alkyl halides is 3. The van der Waals surface area contributed by atoms with Gasteiger partial charge < -0.3 is 0 Å². The summed E-state index contributed by atoms with van der Waals surface area (Å²) >= 11 is 0. The van der Waals surface area contributed by atoms with Gasteiger partial charge in [0.2, 0.25) is 0 Å². The Balaban J connectivity index is 2.29. The Hall–Kier alpha value is -2.15. The number of sulfone groups is 1. The first kappa shape index (κ1) is 16.2. The number of hydrogen-bond acceptors (Lipinski definition) is 3. The molecule has 22 heavy (non-hydrogen) atoms. The Morgan fingerprint density at radius 2 is 1.59 bits per heavy atom. The maximum absolute atomic E-state index is 12.5. The fourth-order valence-corrected chi connectivity index (χ4v) is 2.70. The Morgan fingerprint density at radius 1 is 0.955 bits per heavy atom. The summed E-state index contributed by atoms with van der Waals surface area (Å²) in [7, 11) is -5.41. The molecule has 2 aromatic rings. The van der Waals surface area contributed by atoms with E-state index < -0.39 is 20.2 Å². The van der Waals surface area contributed by atoms with Crippen molar-refractivity contribution in [2.75, 3.05) is 0 Å². The van der Waals surface area contributed by atoms with Crippen LogP contribution < -0.4 is 0 Å². The topological polar surface area (TPSA) is 51.2 Å². The zero-order chi connectivity index (χ0) is 16.4. The summed E-state index contributed by atoms with van der Waals surface area (Å²) < 4.78 is 60.3. The van der Waals surface area contributed by atoms with Crippen LogP contribution in [0.25, 0.3) is 0 Å². The van der Waals surface area contributed by atoms with E-state index in [0.717, 1.165) is 12.1 Å². The molecule has 0 spiro atoms. The third kappa shape index (κ3) is 3.36. The van der Waals surface area contributed by atoms with E-state index >= 15 is 0 Å². The normalized spacial score (nSPS) is 12.1. The molecule has 3 nitrogen and oxygen atoms in total. The number of halogens is 3. The largest absolute Gasteiger partial charge is 0.501 e. The van der Waals surface area contributed by atoms with E-state index in [2.05, 4.69) is 0 Å². The van der Waals surface area contributed by atoms with Gasteiger partial charge in [-0.2, -0.15) is 13.2 Å². The molecule has 0 fully saturated rings. The van der Waals surface area contributed by atoms with Crippen molar-refractivity contribution in [3.8, 4) is 0 Å². The summed E-state index contributed by atoms with van der Waals surface area (Å²) in [6.07, 6.45) is -0.175. The third-order valence-corrected chi connectivity index (χ3v) is 4.46. The quantitative estimate of drug-likeness (QED) is 0.808. The molecule has 0 amide bonds. The second kappa shape index (κ2) is 5.92. The molecule has 0 aliphatic rings. The highest BCUT2D eigenvalue weighted by atomic mass is 32.2. The summed E-state index contributed by atoms with van der Waals surface area (Å²) in [4.78, 5) is 11.1. The summed E-state index contributed by atoms with van der Waals surface area (Å²) in [6.45, 7) is 0. The number of rotatable bonds is 4. The van der Waals surface area contributed by atoms with Gasteiger partial charge in [0.15, 0.2) is 5.78 Å². The van der Waals surface area contributed by atoms with Crippen LogP contribution in [0.4, 0.5) is 13.2 Å². The van der Waals surface area contributed by atoms with Crippen molar-refractivity contribution >= 4 is 15.6 Å². The van der Waals surface area contributed by atoms with E-state index in [9.17, 15) is 26.4 Å². The summed E-state index contributed by atoms with van der Waals surface area (Å²) in [5, 5.41) is 0. The second-order valence-corrected chi connectivity index (χ2v) is 6.50. The molecule has 0 radical (unpaired) electrons. The second-order valence-electron chi connectivity index (χ2n) is 4.56. The number of carbonyl (C=O) groups is 1. The van der Waals surface area contributed by atoms with E-state index in [0.29, 0.717) is 5.56 Å². The lowest BCUT2D eigenvalue weighted by atomic mass is 10.0. The molecular weight excluding hydrogens is 317 g/mol. The van der Waals surface area contributed by atoms with Crippen LogP contribution >= 0.6 is 0 Å². The number of Topliss-reactive ketones (excluding diaryl/α,β-unsaturated/α-hetero) is 1. The molecule has 0 aliphatic carbocycles. The maximum atomic E-state index is 12.5. The van der Waals surface area contributed by atoms with Crippen molar-refractivity contribution in [3.05, 3.63) is 65.7 Å². The van der Waals surface area contributed by atoms with Gasteiger partial charge >= 0.3 is 5.51 Å². The maximum Gasteiger partial charge on any atom is 0.501 e. The Kier molecular flexibility index (Phi) is 4.37. The zero-order valence-corrected chi connectivity index (χ0v) is 12.0. The molecule has 0 bridgehead atoms. The van der Waals surface area contributed by atoms with Crippen molar-refractivity contribution in [2.45, 2.75) is 16.8 Å². The SMILES string of the molecule is O=C(Cc1cccc(S(=O)(=O)C(F)(F)F)c1)c1ccccc1. The molecular formula is C15H11F3O3S. The molecule has 0 saturated carbocycles. The van der Waals surface area contributed by atoms with Crippen LogP contribution in [-0.2, 0) is 16.3 Å². The van der Waals surface area contributed by atoms with Crippen LogP contribution in [0, 0.1) is 0 Å². The Bertz CT molecular complexity index is 781. The smallest absolute Gasteiger partial charge is 0.294 e. The van der Waals surface area contributed by atoms with E-state index in [4.69, 9.17) is 0 Å². The number of ketones is 1. The van der Waals surface area contributed by atoms with Gasteiger partial charge in [-0.15, -0.1) is 0 Å². The Morgan fingerprint density at radius 3 is 2.18 bits per heavy atom. The highest BCUT2D eigenvalue weighted by molar-refractivity contribution is 7.92. The minimum absolute atomic E-state index is 0.175. The van der Waals surface area contributed by atoms with Crippen molar-refractivity contribution in [2.24, 2.45) is 0 Å². The van der Waals surface area contributed by atoms with E-state index in [1.165, 1.54) is 12.1 Å². The van der Waals surface area contributed by atoms with Crippen molar-refractivity contribution in [1.82, 2.24) is 0 Å². The van der Waals surface area contributed by atoms with Crippen molar-refractivity contribution < 1.29 is 26.4 Å². The lowest BCUT2D eigenvalue weighted by Gasteiger charge is -2.09. The fourth-order valence-electron chi connectivity index (χ4n) is 1.87. The van der Waals surface area contributed by atoms with Crippen LogP contribution in [0.3, 0.4) is 0 Å². The number of benzene rings is 2. The summed E-state index contributed by atoms with van der Waals surface area (Å²) in [5.41, 5.74) is -4.75. The zero-order valence-electron chi connectivity index (χ0n) is 11.2. The van der Waals surface area contributed by atoms with Crippen molar-refractivity contribution in [1.29, 1.82) is 0 Å². The van der Waals surface area contributed by atoms with Crippen LogP contribution in [0.5, 0.6) is 0 Å². The van der Waals surface area contributed by atoms with Gasteiger partial charge in [-0.1, -0.05) is 42.5 Å². The fraction of sp³-hybridized carbons (Fsp3) is 0.133. The van der Waals surface area contributed by atoms with Crippen LogP contribution in [0.15, 0.2) is 59.5 Å². The molecule has 2 rings (SSSR count). The van der Waals surface area contributed by atoms with Gasteiger partial charge in [0.25, 0.3) is 9.84 Å². The molecule has 0 N–H and O–H groups in total. The first-order chi connectivity index (χ1) is 10.2. The standard InChI is InChI=1S/C15H11F3O3S/c16-15(17,18)22(20,21)13-8-4-5-11(9-13)10-14(19)12-6-2-1-3-7-12/h1-9H,10H2. The lowest BCUT2D eigenvalue weighted by molar-refractivity contribution is -0.0436. The van der Waals surface area contributed by atoms with Crippen LogP contribution in [0.1, 0.15) is 15.9 Å². The molecule has 7 heteroatoms. The summed E-state index contributed by atoms with van der Waals surface area (Å²) in [6, 6.07) is 12.6. The highest BCUT2D eigenvalue weighted by Crippen LogP contribution is 2.30. The third-order valence-electron chi connectivity index (χ3n) is 2.97. The Labute approximate surface area is 125 Å². The summed E-state index contributed by atoms with van der Waals surface area (Å²) in [5.74, 6) is -0.304. The molecule has 0 saturated heterocycles. The molecule has 0 atom stereocenters. The lowest BCUT2D eigenvalue weighted by Crippen LogP contribution is -2.23.